The van der Waals surface area contributed by atoms with Crippen LogP contribution < -0.4 is 10.2 Å². The van der Waals surface area contributed by atoms with Gasteiger partial charge >= 0.3 is 0 Å². The van der Waals surface area contributed by atoms with Crippen LogP contribution in [0.25, 0.3) is 0 Å². The highest BCUT2D eigenvalue weighted by Crippen LogP contribution is 2.29. The Morgan fingerprint density at radius 3 is 2.30 bits per heavy atom. The molecule has 1 amide bonds. The van der Waals surface area contributed by atoms with Crippen LogP contribution >= 0.6 is 0 Å². The van der Waals surface area contributed by atoms with E-state index in [1.165, 1.54) is 32.3 Å². The van der Waals surface area contributed by atoms with E-state index < -0.39 is 39.1 Å². The average molecular weight is 441 g/mol. The van der Waals surface area contributed by atoms with E-state index >= 15 is 0 Å². The first kappa shape index (κ1) is 22.1. The van der Waals surface area contributed by atoms with Gasteiger partial charge in [-0.1, -0.05) is 0 Å². The number of carbonyl (C=O) groups is 1. The van der Waals surface area contributed by atoms with Crippen molar-refractivity contribution in [3.05, 3.63) is 53.3 Å². The van der Waals surface area contributed by atoms with Crippen LogP contribution in [0.5, 0.6) is 0 Å². The van der Waals surface area contributed by atoms with Gasteiger partial charge < -0.3 is 10.2 Å². The monoisotopic (exact) mass is 441 g/mol. The summed E-state index contributed by atoms with van der Waals surface area (Å²) in [7, 11) is -1.09. The van der Waals surface area contributed by atoms with Crippen LogP contribution in [-0.4, -0.2) is 45.8 Å². The third-order valence-corrected chi connectivity index (χ3v) is 6.78. The number of hydrogen-bond donors (Lipinski definition) is 1. The number of benzene rings is 2. The lowest BCUT2D eigenvalue weighted by Gasteiger charge is -2.30. The summed E-state index contributed by atoms with van der Waals surface area (Å²) in [6.07, 6.45) is 2.87. The first-order chi connectivity index (χ1) is 14.1. The predicted octanol–water partition coefficient (Wildman–Crippen LogP) is 3.60. The molecule has 10 heteroatoms. The zero-order chi connectivity index (χ0) is 22.1. The van der Waals surface area contributed by atoms with Crippen molar-refractivity contribution in [3.63, 3.8) is 0 Å². The summed E-state index contributed by atoms with van der Waals surface area (Å²) in [5.41, 5.74) is -0.0405. The zero-order valence-electron chi connectivity index (χ0n) is 16.6. The molecule has 3 rings (SSSR count). The summed E-state index contributed by atoms with van der Waals surface area (Å²) >= 11 is 0. The maximum absolute atomic E-state index is 14.0. The van der Waals surface area contributed by atoms with Crippen LogP contribution in [0.3, 0.4) is 0 Å². The van der Waals surface area contributed by atoms with E-state index in [1.54, 1.807) is 0 Å². The second-order valence-electron chi connectivity index (χ2n) is 7.19. The van der Waals surface area contributed by atoms with Gasteiger partial charge in [-0.2, -0.15) is 0 Å². The Balaban J connectivity index is 2.05. The minimum atomic E-state index is -3.82. The van der Waals surface area contributed by atoms with Gasteiger partial charge in [0.1, 0.15) is 0 Å². The molecule has 2 aromatic carbocycles. The van der Waals surface area contributed by atoms with Crippen LogP contribution in [-0.2, 0) is 10.0 Å². The maximum Gasteiger partial charge on any atom is 0.257 e. The molecular weight excluding hydrogens is 419 g/mol. The summed E-state index contributed by atoms with van der Waals surface area (Å²) in [6, 6.07) is 5.78. The summed E-state index contributed by atoms with van der Waals surface area (Å²) < 4.78 is 66.8. The van der Waals surface area contributed by atoms with E-state index in [4.69, 9.17) is 0 Å². The topological polar surface area (TPSA) is 69.7 Å². The SMILES string of the molecule is CN(C)S(=O)(=O)c1ccc(N2CCCCC2)c(C(=O)Nc2ccc(F)c(F)c2F)c1. The highest BCUT2D eigenvalue weighted by Gasteiger charge is 2.25. The second kappa shape index (κ2) is 8.65. The van der Waals surface area contributed by atoms with Crippen molar-refractivity contribution in [2.75, 3.05) is 37.4 Å². The van der Waals surface area contributed by atoms with Gasteiger partial charge in [0.2, 0.25) is 10.0 Å². The number of amides is 1. The van der Waals surface area contributed by atoms with Crippen LogP contribution in [0, 0.1) is 17.5 Å². The molecule has 0 aliphatic carbocycles. The predicted molar refractivity (Wildman–Crippen MR) is 108 cm³/mol. The summed E-state index contributed by atoms with van der Waals surface area (Å²) in [6.45, 7) is 1.36. The molecule has 0 saturated carbocycles. The molecule has 1 aliphatic heterocycles. The molecule has 0 bridgehead atoms. The van der Waals surface area contributed by atoms with E-state index in [1.807, 2.05) is 4.90 Å². The first-order valence-corrected chi connectivity index (χ1v) is 10.8. The highest BCUT2D eigenvalue weighted by atomic mass is 32.2. The number of hydrogen-bond acceptors (Lipinski definition) is 4. The third-order valence-electron chi connectivity index (χ3n) is 4.97. The van der Waals surface area contributed by atoms with Gasteiger partial charge in [-0.3, -0.25) is 4.79 Å². The van der Waals surface area contributed by atoms with Crippen molar-refractivity contribution in [3.8, 4) is 0 Å². The number of sulfonamides is 1. The van der Waals surface area contributed by atoms with Crippen molar-refractivity contribution in [1.82, 2.24) is 4.31 Å². The van der Waals surface area contributed by atoms with E-state index in [-0.39, 0.29) is 10.5 Å². The molecule has 0 atom stereocenters. The summed E-state index contributed by atoms with van der Waals surface area (Å²) in [5.74, 6) is -5.43. The third kappa shape index (κ3) is 4.29. The van der Waals surface area contributed by atoms with Crippen molar-refractivity contribution < 1.29 is 26.4 Å². The quantitative estimate of drug-likeness (QED) is 0.720. The molecular formula is C20H22F3N3O3S. The Morgan fingerprint density at radius 2 is 1.67 bits per heavy atom. The van der Waals surface area contributed by atoms with Crippen LogP contribution in [0.4, 0.5) is 24.5 Å². The molecule has 6 nitrogen and oxygen atoms in total. The Morgan fingerprint density at radius 1 is 1.00 bits per heavy atom. The Labute approximate surface area is 173 Å². The standard InChI is InChI=1S/C20H22F3N3O3S/c1-25(2)30(28,29)13-6-9-17(26-10-4-3-5-11-26)14(12-13)20(27)24-16-8-7-15(21)18(22)19(16)23/h6-9,12H,3-5,10-11H2,1-2H3,(H,24,27). The van der Waals surface area contributed by atoms with E-state index in [0.29, 0.717) is 24.8 Å². The molecule has 0 unspecified atom stereocenters. The molecule has 0 radical (unpaired) electrons. The molecule has 1 heterocycles. The molecule has 1 saturated heterocycles. The minimum absolute atomic E-state index is 0.00366. The number of halogens is 3. The Kier molecular flexibility index (Phi) is 6.37. The van der Waals surface area contributed by atoms with Crippen LogP contribution in [0.1, 0.15) is 29.6 Å². The van der Waals surface area contributed by atoms with Gasteiger partial charge in [0.25, 0.3) is 5.91 Å². The van der Waals surface area contributed by atoms with Gasteiger partial charge in [0, 0.05) is 32.9 Å². The maximum atomic E-state index is 14.0. The molecule has 2 aromatic rings. The molecule has 1 N–H and O–H groups in total. The normalized spacial score (nSPS) is 14.8. The van der Waals surface area contributed by atoms with Gasteiger partial charge in [0.05, 0.1) is 16.1 Å². The number of carbonyl (C=O) groups excluding carboxylic acids is 1. The van der Waals surface area contributed by atoms with Crippen molar-refractivity contribution >= 4 is 27.3 Å². The smallest absolute Gasteiger partial charge is 0.257 e. The van der Waals surface area contributed by atoms with Crippen molar-refractivity contribution in [2.45, 2.75) is 24.2 Å². The van der Waals surface area contributed by atoms with E-state index in [0.717, 1.165) is 29.6 Å². The number of nitrogens with one attached hydrogen (secondary N) is 1. The number of anilines is 2. The van der Waals surface area contributed by atoms with Crippen molar-refractivity contribution in [2.24, 2.45) is 0 Å². The van der Waals surface area contributed by atoms with E-state index in [2.05, 4.69) is 5.32 Å². The van der Waals surface area contributed by atoms with Crippen LogP contribution in [0.15, 0.2) is 35.2 Å². The summed E-state index contributed by atoms with van der Waals surface area (Å²) in [5, 5.41) is 2.23. The Hall–Kier alpha value is -2.59. The summed E-state index contributed by atoms with van der Waals surface area (Å²) in [4.78, 5) is 14.8. The van der Waals surface area contributed by atoms with Gasteiger partial charge in [0.15, 0.2) is 17.5 Å². The largest absolute Gasteiger partial charge is 0.371 e. The van der Waals surface area contributed by atoms with Gasteiger partial charge in [-0.05, 0) is 49.6 Å². The fourth-order valence-electron chi connectivity index (χ4n) is 3.29. The number of rotatable bonds is 5. The fourth-order valence-corrected chi connectivity index (χ4v) is 4.22. The molecule has 1 fully saturated rings. The number of piperidine rings is 1. The van der Waals surface area contributed by atoms with Gasteiger partial charge in [-0.25, -0.2) is 25.9 Å². The number of nitrogens with zero attached hydrogens (tertiary/aromatic N) is 2. The lowest BCUT2D eigenvalue weighted by atomic mass is 10.1. The first-order valence-electron chi connectivity index (χ1n) is 9.39. The molecule has 0 spiro atoms. The highest BCUT2D eigenvalue weighted by molar-refractivity contribution is 7.89. The Bertz CT molecular complexity index is 1070. The van der Waals surface area contributed by atoms with Crippen molar-refractivity contribution in [1.29, 1.82) is 0 Å². The second-order valence-corrected chi connectivity index (χ2v) is 9.34. The lowest BCUT2D eigenvalue weighted by Crippen LogP contribution is -2.32. The minimum Gasteiger partial charge on any atom is -0.371 e. The van der Waals surface area contributed by atoms with Gasteiger partial charge in [-0.15, -0.1) is 0 Å². The van der Waals surface area contributed by atoms with E-state index in [9.17, 15) is 26.4 Å². The fraction of sp³-hybridized carbons (Fsp3) is 0.350. The molecule has 162 valence electrons. The molecule has 0 aromatic heterocycles. The molecule has 30 heavy (non-hydrogen) atoms. The zero-order valence-corrected chi connectivity index (χ0v) is 17.4. The molecule has 1 aliphatic rings. The van der Waals surface area contributed by atoms with Crippen LogP contribution in [0.2, 0.25) is 0 Å². The average Bonchev–Trinajstić information content (AvgIpc) is 2.74. The lowest BCUT2D eigenvalue weighted by molar-refractivity contribution is 0.102.